The Morgan fingerprint density at radius 2 is 2.05 bits per heavy atom. The van der Waals surface area contributed by atoms with Crippen LogP contribution >= 0.6 is 0 Å². The number of aromatic nitrogens is 1. The average molecular weight is 272 g/mol. The van der Waals surface area contributed by atoms with E-state index in [2.05, 4.69) is 4.98 Å². The van der Waals surface area contributed by atoms with Gasteiger partial charge in [0.25, 0.3) is 0 Å². The van der Waals surface area contributed by atoms with Crippen molar-refractivity contribution in [3.63, 3.8) is 0 Å². The molecule has 0 atom stereocenters. The van der Waals surface area contributed by atoms with Gasteiger partial charge in [-0.25, -0.2) is 4.98 Å². The molecule has 1 amide bonds. The lowest BCUT2D eigenvalue weighted by atomic mass is 10.1. The Bertz CT molecular complexity index is 486. The molecule has 0 radical (unpaired) electrons. The molecule has 1 fully saturated rings. The molecule has 1 aromatic heterocycles. The van der Waals surface area contributed by atoms with Gasteiger partial charge in [0, 0.05) is 31.4 Å². The summed E-state index contributed by atoms with van der Waals surface area (Å²) < 4.78 is 4.99. The Morgan fingerprint density at radius 3 is 2.70 bits per heavy atom. The van der Waals surface area contributed by atoms with Gasteiger partial charge in [0.05, 0.1) is 7.11 Å². The highest BCUT2D eigenvalue weighted by atomic mass is 16.5. The van der Waals surface area contributed by atoms with Crippen molar-refractivity contribution in [3.8, 4) is 5.88 Å². The lowest BCUT2D eigenvalue weighted by Crippen LogP contribution is -2.34. The van der Waals surface area contributed by atoms with E-state index in [1.807, 2.05) is 29.2 Å². The van der Waals surface area contributed by atoms with Gasteiger partial charge in [-0.15, -0.1) is 0 Å². The molecule has 1 saturated heterocycles. The third-order valence-corrected chi connectivity index (χ3v) is 3.27. The Kier molecular flexibility index (Phi) is 5.35. The molecule has 4 nitrogen and oxygen atoms in total. The van der Waals surface area contributed by atoms with Crippen molar-refractivity contribution >= 4 is 12.0 Å². The molecule has 0 aliphatic carbocycles. The fourth-order valence-corrected chi connectivity index (χ4v) is 2.14. The van der Waals surface area contributed by atoms with Crippen LogP contribution in [0.2, 0.25) is 0 Å². The van der Waals surface area contributed by atoms with Crippen molar-refractivity contribution in [1.29, 1.82) is 0 Å². The predicted octanol–water partition coefficient (Wildman–Crippen LogP) is 2.67. The standard InChI is InChI=1S/C16H20N2O2/c1-20-15-10-9-14(13-17-15)7-3-4-8-16(19)18-11-5-2-6-12-18/h3-4,7-10,13H,2,5-6,11-12H2,1H3/b7-3+,8-4+. The minimum atomic E-state index is 0.0993. The molecule has 106 valence electrons. The number of piperidine rings is 1. The van der Waals surface area contributed by atoms with Crippen molar-refractivity contribution in [3.05, 3.63) is 42.1 Å². The second-order valence-corrected chi connectivity index (χ2v) is 4.74. The van der Waals surface area contributed by atoms with E-state index in [4.69, 9.17) is 4.74 Å². The Balaban J connectivity index is 1.84. The highest BCUT2D eigenvalue weighted by Gasteiger charge is 2.13. The van der Waals surface area contributed by atoms with Crippen LogP contribution in [0.15, 0.2) is 36.6 Å². The van der Waals surface area contributed by atoms with Gasteiger partial charge in [0.2, 0.25) is 11.8 Å². The number of allylic oxidation sites excluding steroid dienone is 2. The van der Waals surface area contributed by atoms with E-state index in [0.29, 0.717) is 5.88 Å². The van der Waals surface area contributed by atoms with Gasteiger partial charge in [-0.05, 0) is 30.9 Å². The zero-order valence-electron chi connectivity index (χ0n) is 11.8. The van der Waals surface area contributed by atoms with Crippen LogP contribution < -0.4 is 4.74 Å². The maximum atomic E-state index is 11.9. The summed E-state index contributed by atoms with van der Waals surface area (Å²) in [5.41, 5.74) is 0.973. The number of likely N-dealkylation sites (tertiary alicyclic amines) is 1. The Hall–Kier alpha value is -2.10. The van der Waals surface area contributed by atoms with E-state index in [1.54, 1.807) is 25.5 Å². The van der Waals surface area contributed by atoms with Crippen LogP contribution in [0.1, 0.15) is 24.8 Å². The molecule has 20 heavy (non-hydrogen) atoms. The summed E-state index contributed by atoms with van der Waals surface area (Å²) in [6.07, 6.45) is 12.4. The number of rotatable bonds is 4. The maximum absolute atomic E-state index is 11.9. The van der Waals surface area contributed by atoms with Gasteiger partial charge < -0.3 is 9.64 Å². The van der Waals surface area contributed by atoms with Gasteiger partial charge in [0.1, 0.15) is 0 Å². The molecule has 0 spiro atoms. The second-order valence-electron chi connectivity index (χ2n) is 4.74. The van der Waals surface area contributed by atoms with Gasteiger partial charge in [-0.3, -0.25) is 4.79 Å². The quantitative estimate of drug-likeness (QED) is 0.625. The van der Waals surface area contributed by atoms with E-state index in [9.17, 15) is 4.79 Å². The molecule has 1 aliphatic rings. The summed E-state index contributed by atoms with van der Waals surface area (Å²) in [6, 6.07) is 3.73. The molecular weight excluding hydrogens is 252 g/mol. The summed E-state index contributed by atoms with van der Waals surface area (Å²) in [7, 11) is 1.59. The molecule has 1 aliphatic heterocycles. The number of amides is 1. The van der Waals surface area contributed by atoms with Crippen molar-refractivity contribution in [2.24, 2.45) is 0 Å². The van der Waals surface area contributed by atoms with Crippen LogP contribution in [0.5, 0.6) is 5.88 Å². The fraction of sp³-hybridized carbons (Fsp3) is 0.375. The lowest BCUT2D eigenvalue weighted by Gasteiger charge is -2.25. The van der Waals surface area contributed by atoms with Crippen LogP contribution in [0.3, 0.4) is 0 Å². The highest BCUT2D eigenvalue weighted by Crippen LogP contribution is 2.10. The van der Waals surface area contributed by atoms with Crippen molar-refractivity contribution in [2.75, 3.05) is 20.2 Å². The van der Waals surface area contributed by atoms with Crippen molar-refractivity contribution in [2.45, 2.75) is 19.3 Å². The summed E-state index contributed by atoms with van der Waals surface area (Å²) in [5, 5.41) is 0. The largest absolute Gasteiger partial charge is 0.481 e. The number of carbonyl (C=O) groups is 1. The Labute approximate surface area is 119 Å². The summed E-state index contributed by atoms with van der Waals surface area (Å²) in [5.74, 6) is 0.695. The monoisotopic (exact) mass is 272 g/mol. The van der Waals surface area contributed by atoms with Crippen molar-refractivity contribution in [1.82, 2.24) is 9.88 Å². The van der Waals surface area contributed by atoms with Crippen LogP contribution in [-0.4, -0.2) is 36.0 Å². The third kappa shape index (κ3) is 4.23. The van der Waals surface area contributed by atoms with Crippen LogP contribution in [0.4, 0.5) is 0 Å². The normalized spacial score (nSPS) is 15.9. The minimum Gasteiger partial charge on any atom is -0.481 e. The molecule has 0 aromatic carbocycles. The number of nitrogens with zero attached hydrogens (tertiary/aromatic N) is 2. The smallest absolute Gasteiger partial charge is 0.246 e. The first-order valence-electron chi connectivity index (χ1n) is 6.93. The maximum Gasteiger partial charge on any atom is 0.246 e. The number of hydrogen-bond donors (Lipinski definition) is 0. The molecule has 0 bridgehead atoms. The summed E-state index contributed by atoms with van der Waals surface area (Å²) in [4.78, 5) is 17.9. The Morgan fingerprint density at radius 1 is 1.25 bits per heavy atom. The molecule has 0 saturated carbocycles. The predicted molar refractivity (Wildman–Crippen MR) is 79.4 cm³/mol. The molecule has 0 unspecified atom stereocenters. The van der Waals surface area contributed by atoms with E-state index in [1.165, 1.54) is 6.42 Å². The number of hydrogen-bond acceptors (Lipinski definition) is 3. The SMILES string of the molecule is COc1ccc(/C=C/C=C/C(=O)N2CCCCC2)cn1. The number of ether oxygens (including phenoxy) is 1. The zero-order chi connectivity index (χ0) is 14.2. The number of carbonyl (C=O) groups excluding carboxylic acids is 1. The topological polar surface area (TPSA) is 42.4 Å². The molecule has 2 rings (SSSR count). The molecular formula is C16H20N2O2. The van der Waals surface area contributed by atoms with Gasteiger partial charge in [-0.1, -0.05) is 18.2 Å². The highest BCUT2D eigenvalue weighted by molar-refractivity contribution is 5.88. The number of methoxy groups -OCH3 is 1. The zero-order valence-corrected chi connectivity index (χ0v) is 11.8. The van der Waals surface area contributed by atoms with Crippen LogP contribution in [-0.2, 0) is 4.79 Å². The third-order valence-electron chi connectivity index (χ3n) is 3.27. The molecule has 0 N–H and O–H groups in total. The van der Waals surface area contributed by atoms with Crippen molar-refractivity contribution < 1.29 is 9.53 Å². The molecule has 4 heteroatoms. The lowest BCUT2D eigenvalue weighted by molar-refractivity contribution is -0.126. The van der Waals surface area contributed by atoms with Crippen LogP contribution in [0.25, 0.3) is 6.08 Å². The van der Waals surface area contributed by atoms with E-state index >= 15 is 0 Å². The molecule has 1 aromatic rings. The fourth-order valence-electron chi connectivity index (χ4n) is 2.14. The summed E-state index contributed by atoms with van der Waals surface area (Å²) in [6.45, 7) is 1.77. The van der Waals surface area contributed by atoms with Gasteiger partial charge >= 0.3 is 0 Å². The minimum absolute atomic E-state index is 0.0993. The number of pyridine rings is 1. The summed E-state index contributed by atoms with van der Waals surface area (Å²) >= 11 is 0. The molecule has 2 heterocycles. The second kappa shape index (κ2) is 7.48. The van der Waals surface area contributed by atoms with E-state index in [-0.39, 0.29) is 5.91 Å². The van der Waals surface area contributed by atoms with E-state index < -0.39 is 0 Å². The first kappa shape index (κ1) is 14.3. The first-order valence-corrected chi connectivity index (χ1v) is 6.93. The van der Waals surface area contributed by atoms with Crippen LogP contribution in [0, 0.1) is 0 Å². The van der Waals surface area contributed by atoms with Gasteiger partial charge in [-0.2, -0.15) is 0 Å². The first-order chi connectivity index (χ1) is 9.79. The van der Waals surface area contributed by atoms with Gasteiger partial charge in [0.15, 0.2) is 0 Å². The van der Waals surface area contributed by atoms with E-state index in [0.717, 1.165) is 31.5 Å². The average Bonchev–Trinajstić information content (AvgIpc) is 2.53.